The minimum Gasteiger partial charge on any atom is -0.295 e. The average molecular weight is 242 g/mol. The molecule has 1 nitrogen and oxygen atoms in total. The number of hydrogen-bond acceptors (Lipinski definition) is 1. The largest absolute Gasteiger partial charge is 0.295 e. The maximum atomic E-state index is 13.0. The van der Waals surface area contributed by atoms with Gasteiger partial charge in [0.15, 0.2) is 0 Å². The molecule has 0 unspecified atom stereocenters. The fourth-order valence-electron chi connectivity index (χ4n) is 1.99. The van der Waals surface area contributed by atoms with Crippen LogP contribution < -0.4 is 0 Å². The van der Waals surface area contributed by atoms with E-state index in [0.717, 1.165) is 18.7 Å². The molecule has 0 aliphatic heterocycles. The number of benzene rings is 1. The zero-order valence-electron chi connectivity index (χ0n) is 9.55. The lowest BCUT2D eigenvalue weighted by atomic mass is 10.1. The molecule has 0 amide bonds. The first-order valence-corrected chi connectivity index (χ1v) is 6.29. The van der Waals surface area contributed by atoms with Crippen molar-refractivity contribution in [1.82, 2.24) is 4.90 Å². The third-order valence-electron chi connectivity index (χ3n) is 3.11. The van der Waals surface area contributed by atoms with E-state index in [9.17, 15) is 4.39 Å². The van der Waals surface area contributed by atoms with Crippen LogP contribution in [0.5, 0.6) is 0 Å². The van der Waals surface area contributed by atoms with Crippen molar-refractivity contribution in [2.24, 2.45) is 0 Å². The normalized spacial score (nSPS) is 15.8. The van der Waals surface area contributed by atoms with E-state index in [4.69, 9.17) is 11.6 Å². The second-order valence-electron chi connectivity index (χ2n) is 4.46. The number of hydrogen-bond donors (Lipinski definition) is 0. The van der Waals surface area contributed by atoms with Crippen molar-refractivity contribution in [3.63, 3.8) is 0 Å². The fraction of sp³-hybridized carbons (Fsp3) is 0.538. The summed E-state index contributed by atoms with van der Waals surface area (Å²) in [5, 5.41) is 0. The molecule has 0 spiro atoms. The van der Waals surface area contributed by atoms with Crippen LogP contribution in [0.2, 0.25) is 0 Å². The fourth-order valence-corrected chi connectivity index (χ4v) is 2.21. The molecule has 1 aromatic carbocycles. The molecule has 0 bridgehead atoms. The first-order valence-electron chi connectivity index (χ1n) is 5.75. The van der Waals surface area contributed by atoms with Crippen LogP contribution in [-0.4, -0.2) is 23.4 Å². The molecular formula is C13H17ClFN. The Balaban J connectivity index is 2.05. The van der Waals surface area contributed by atoms with E-state index in [1.165, 1.54) is 24.5 Å². The van der Waals surface area contributed by atoms with Gasteiger partial charge in [-0.2, -0.15) is 0 Å². The van der Waals surface area contributed by atoms with Gasteiger partial charge in [0.1, 0.15) is 5.82 Å². The molecule has 0 atom stereocenters. The highest BCUT2D eigenvalue weighted by atomic mass is 35.5. The number of alkyl halides is 1. The van der Waals surface area contributed by atoms with Gasteiger partial charge in [0.2, 0.25) is 0 Å². The first kappa shape index (κ1) is 11.9. The predicted molar refractivity (Wildman–Crippen MR) is 65.3 cm³/mol. The molecule has 0 saturated heterocycles. The predicted octanol–water partition coefficient (Wildman–Crippen LogP) is 3.34. The van der Waals surface area contributed by atoms with Crippen molar-refractivity contribution < 1.29 is 4.39 Å². The Morgan fingerprint density at radius 1 is 1.44 bits per heavy atom. The van der Waals surface area contributed by atoms with Crippen molar-refractivity contribution in [1.29, 1.82) is 0 Å². The van der Waals surface area contributed by atoms with Crippen LogP contribution >= 0.6 is 11.6 Å². The zero-order valence-corrected chi connectivity index (χ0v) is 10.3. The maximum Gasteiger partial charge on any atom is 0.123 e. The third kappa shape index (κ3) is 2.96. The summed E-state index contributed by atoms with van der Waals surface area (Å²) >= 11 is 5.80. The summed E-state index contributed by atoms with van der Waals surface area (Å²) in [6.07, 6.45) is 2.55. The Kier molecular flexibility index (Phi) is 3.82. The standard InChI is InChI=1S/C13H17ClFN/c1-10-8-12(15)3-2-11(10)9-16(7-6-14)13-4-5-13/h2-3,8,13H,4-7,9H2,1H3. The van der Waals surface area contributed by atoms with Crippen LogP contribution in [0.4, 0.5) is 4.39 Å². The molecule has 3 heteroatoms. The minimum atomic E-state index is -0.156. The van der Waals surface area contributed by atoms with Gasteiger partial charge in [-0.15, -0.1) is 11.6 Å². The lowest BCUT2D eigenvalue weighted by Gasteiger charge is -2.21. The molecule has 2 rings (SSSR count). The van der Waals surface area contributed by atoms with Crippen molar-refractivity contribution in [2.45, 2.75) is 32.4 Å². The van der Waals surface area contributed by atoms with Crippen LogP contribution in [-0.2, 0) is 6.54 Å². The van der Waals surface area contributed by atoms with E-state index in [1.807, 2.05) is 13.0 Å². The van der Waals surface area contributed by atoms with Crippen LogP contribution in [0, 0.1) is 12.7 Å². The number of rotatable bonds is 5. The van der Waals surface area contributed by atoms with E-state index in [1.54, 1.807) is 6.07 Å². The van der Waals surface area contributed by atoms with E-state index in [0.29, 0.717) is 11.9 Å². The Hall–Kier alpha value is -0.600. The highest BCUT2D eigenvalue weighted by Gasteiger charge is 2.28. The van der Waals surface area contributed by atoms with Crippen molar-refractivity contribution >= 4 is 11.6 Å². The Labute approximate surface area is 101 Å². The van der Waals surface area contributed by atoms with Gasteiger partial charge in [-0.1, -0.05) is 6.07 Å². The summed E-state index contributed by atoms with van der Waals surface area (Å²) in [7, 11) is 0. The topological polar surface area (TPSA) is 3.24 Å². The minimum absolute atomic E-state index is 0.156. The molecule has 1 saturated carbocycles. The van der Waals surface area contributed by atoms with Gasteiger partial charge in [0, 0.05) is 25.0 Å². The molecule has 88 valence electrons. The van der Waals surface area contributed by atoms with Crippen molar-refractivity contribution in [3.8, 4) is 0 Å². The molecule has 0 aromatic heterocycles. The van der Waals surface area contributed by atoms with Gasteiger partial charge in [-0.05, 0) is 43.0 Å². The SMILES string of the molecule is Cc1cc(F)ccc1CN(CCCl)C1CC1. The second kappa shape index (κ2) is 5.15. The quantitative estimate of drug-likeness (QED) is 0.715. The first-order chi connectivity index (χ1) is 7.70. The summed E-state index contributed by atoms with van der Waals surface area (Å²) < 4.78 is 13.0. The lowest BCUT2D eigenvalue weighted by Crippen LogP contribution is -2.27. The number of nitrogens with zero attached hydrogens (tertiary/aromatic N) is 1. The van der Waals surface area contributed by atoms with Crippen molar-refractivity contribution in [3.05, 3.63) is 35.1 Å². The molecule has 0 N–H and O–H groups in total. The van der Waals surface area contributed by atoms with E-state index in [2.05, 4.69) is 4.90 Å². The Morgan fingerprint density at radius 2 is 2.19 bits per heavy atom. The van der Waals surface area contributed by atoms with E-state index >= 15 is 0 Å². The maximum absolute atomic E-state index is 13.0. The zero-order chi connectivity index (χ0) is 11.5. The smallest absolute Gasteiger partial charge is 0.123 e. The Bertz CT molecular complexity index is 363. The lowest BCUT2D eigenvalue weighted by molar-refractivity contribution is 0.270. The van der Waals surface area contributed by atoms with Gasteiger partial charge in [-0.25, -0.2) is 4.39 Å². The van der Waals surface area contributed by atoms with Crippen molar-refractivity contribution in [2.75, 3.05) is 12.4 Å². The van der Waals surface area contributed by atoms with Gasteiger partial charge in [0.05, 0.1) is 0 Å². The summed E-state index contributed by atoms with van der Waals surface area (Å²) in [6.45, 7) is 3.77. The van der Waals surface area contributed by atoms with Gasteiger partial charge < -0.3 is 0 Å². The summed E-state index contributed by atoms with van der Waals surface area (Å²) in [6, 6.07) is 5.71. The highest BCUT2D eigenvalue weighted by molar-refractivity contribution is 6.18. The summed E-state index contributed by atoms with van der Waals surface area (Å²) in [5.41, 5.74) is 2.23. The van der Waals surface area contributed by atoms with E-state index < -0.39 is 0 Å². The Morgan fingerprint density at radius 3 is 2.75 bits per heavy atom. The molecule has 0 radical (unpaired) electrons. The van der Waals surface area contributed by atoms with Crippen LogP contribution in [0.3, 0.4) is 0 Å². The third-order valence-corrected chi connectivity index (χ3v) is 3.28. The number of halogens is 2. The number of aryl methyl sites for hydroxylation is 1. The van der Waals surface area contributed by atoms with E-state index in [-0.39, 0.29) is 5.82 Å². The molecule has 1 fully saturated rings. The monoisotopic (exact) mass is 241 g/mol. The van der Waals surface area contributed by atoms with Crippen LogP contribution in [0.25, 0.3) is 0 Å². The molecule has 0 heterocycles. The van der Waals surface area contributed by atoms with Crippen LogP contribution in [0.15, 0.2) is 18.2 Å². The average Bonchev–Trinajstić information content (AvgIpc) is 3.04. The summed E-state index contributed by atoms with van der Waals surface area (Å²) in [5.74, 6) is 0.507. The van der Waals surface area contributed by atoms with Gasteiger partial charge >= 0.3 is 0 Å². The molecule has 1 aromatic rings. The molecular weight excluding hydrogens is 225 g/mol. The summed E-state index contributed by atoms with van der Waals surface area (Å²) in [4.78, 5) is 2.40. The van der Waals surface area contributed by atoms with Crippen LogP contribution in [0.1, 0.15) is 24.0 Å². The second-order valence-corrected chi connectivity index (χ2v) is 4.84. The molecule has 16 heavy (non-hydrogen) atoms. The highest BCUT2D eigenvalue weighted by Crippen LogP contribution is 2.28. The molecule has 1 aliphatic rings. The van der Waals surface area contributed by atoms with Gasteiger partial charge in [0.25, 0.3) is 0 Å². The van der Waals surface area contributed by atoms with Gasteiger partial charge in [-0.3, -0.25) is 4.90 Å². The molecule has 1 aliphatic carbocycles.